The van der Waals surface area contributed by atoms with Crippen molar-refractivity contribution in [1.29, 1.82) is 0 Å². The van der Waals surface area contributed by atoms with E-state index in [2.05, 4.69) is 28.7 Å². The molecule has 1 aromatic rings. The van der Waals surface area contributed by atoms with Gasteiger partial charge in [0.1, 0.15) is 11.6 Å². The van der Waals surface area contributed by atoms with E-state index in [0.717, 1.165) is 24.7 Å². The van der Waals surface area contributed by atoms with E-state index in [9.17, 15) is 0 Å². The van der Waals surface area contributed by atoms with Crippen LogP contribution in [-0.4, -0.2) is 23.1 Å². The molecule has 4 heteroatoms. The molecule has 0 fully saturated rings. The van der Waals surface area contributed by atoms with Crippen LogP contribution in [0.5, 0.6) is 0 Å². The monoisotopic (exact) mass is 168 g/mol. The number of rotatable bonds is 3. The molecule has 0 aliphatic carbocycles. The molecule has 0 atom stereocenters. The van der Waals surface area contributed by atoms with Crippen LogP contribution in [0.1, 0.15) is 19.7 Å². The van der Waals surface area contributed by atoms with Gasteiger partial charge in [-0.05, 0) is 20.8 Å². The third-order valence-electron chi connectivity index (χ3n) is 1.89. The normalized spacial score (nSPS) is 10.2. The number of H-pyrrole nitrogens is 1. The van der Waals surface area contributed by atoms with E-state index < -0.39 is 0 Å². The van der Waals surface area contributed by atoms with Crippen LogP contribution in [0.2, 0.25) is 0 Å². The zero-order valence-corrected chi connectivity index (χ0v) is 7.89. The third kappa shape index (κ3) is 1.52. The lowest BCUT2D eigenvalue weighted by Crippen LogP contribution is -2.23. The van der Waals surface area contributed by atoms with Crippen molar-refractivity contribution < 1.29 is 0 Å². The molecule has 0 aliphatic heterocycles. The Morgan fingerprint density at radius 1 is 1.42 bits per heavy atom. The largest absolute Gasteiger partial charge is 0.382 e. The number of aromatic amines is 1. The predicted molar refractivity (Wildman–Crippen MR) is 51.3 cm³/mol. The van der Waals surface area contributed by atoms with E-state index >= 15 is 0 Å². The number of hydrogen-bond donors (Lipinski definition) is 2. The number of nitrogens with two attached hydrogens (primary N) is 1. The second-order valence-electron chi connectivity index (χ2n) is 2.73. The Kier molecular flexibility index (Phi) is 2.58. The molecule has 4 nitrogen and oxygen atoms in total. The standard InChI is InChI=1S/C8H16N4/c1-4-12(5-2)8-7(9)10-6(3)11-8/h4-5,9H2,1-3H3,(H,10,11). The average Bonchev–Trinajstić information content (AvgIpc) is 2.34. The van der Waals surface area contributed by atoms with Crippen LogP contribution in [0.15, 0.2) is 0 Å². The van der Waals surface area contributed by atoms with Crippen LogP contribution in [-0.2, 0) is 0 Å². The topological polar surface area (TPSA) is 57.9 Å². The van der Waals surface area contributed by atoms with Crippen LogP contribution in [0, 0.1) is 6.92 Å². The van der Waals surface area contributed by atoms with E-state index in [4.69, 9.17) is 5.73 Å². The summed E-state index contributed by atoms with van der Waals surface area (Å²) >= 11 is 0. The number of nitrogens with zero attached hydrogens (tertiary/aromatic N) is 2. The summed E-state index contributed by atoms with van der Waals surface area (Å²) < 4.78 is 0. The van der Waals surface area contributed by atoms with Gasteiger partial charge in [0.05, 0.1) is 0 Å². The summed E-state index contributed by atoms with van der Waals surface area (Å²) in [6.45, 7) is 7.96. The molecule has 0 amide bonds. The zero-order chi connectivity index (χ0) is 9.14. The molecule has 0 radical (unpaired) electrons. The van der Waals surface area contributed by atoms with Gasteiger partial charge >= 0.3 is 0 Å². The number of hydrogen-bond acceptors (Lipinski definition) is 3. The molecule has 12 heavy (non-hydrogen) atoms. The SMILES string of the molecule is CCN(CC)c1nc(C)[nH]c1N. The fourth-order valence-corrected chi connectivity index (χ4v) is 1.26. The summed E-state index contributed by atoms with van der Waals surface area (Å²) in [5, 5.41) is 0. The summed E-state index contributed by atoms with van der Waals surface area (Å²) in [4.78, 5) is 9.40. The first kappa shape index (κ1) is 8.90. The van der Waals surface area contributed by atoms with Crippen LogP contribution < -0.4 is 10.6 Å². The maximum Gasteiger partial charge on any atom is 0.171 e. The first-order valence-electron chi connectivity index (χ1n) is 4.26. The van der Waals surface area contributed by atoms with Crippen LogP contribution in [0.25, 0.3) is 0 Å². The molecule has 1 aromatic heterocycles. The lowest BCUT2D eigenvalue weighted by molar-refractivity contribution is 0.850. The van der Waals surface area contributed by atoms with Crippen molar-refractivity contribution >= 4 is 11.6 Å². The Bertz CT molecular complexity index is 250. The van der Waals surface area contributed by atoms with Crippen molar-refractivity contribution in [3.8, 4) is 0 Å². The first-order chi connectivity index (χ1) is 5.69. The Labute approximate surface area is 72.8 Å². The van der Waals surface area contributed by atoms with Gasteiger partial charge in [0.2, 0.25) is 0 Å². The van der Waals surface area contributed by atoms with Crippen molar-refractivity contribution in [2.75, 3.05) is 23.7 Å². The second kappa shape index (κ2) is 3.47. The summed E-state index contributed by atoms with van der Waals surface area (Å²) in [5.41, 5.74) is 5.73. The molecular formula is C8H16N4. The molecule has 0 aromatic carbocycles. The van der Waals surface area contributed by atoms with Crippen LogP contribution in [0.4, 0.5) is 11.6 Å². The van der Waals surface area contributed by atoms with E-state index in [0.29, 0.717) is 5.82 Å². The van der Waals surface area contributed by atoms with E-state index in [1.807, 2.05) is 6.92 Å². The van der Waals surface area contributed by atoms with Crippen molar-refractivity contribution in [3.05, 3.63) is 5.82 Å². The van der Waals surface area contributed by atoms with Gasteiger partial charge in [0.15, 0.2) is 5.82 Å². The van der Waals surface area contributed by atoms with Crippen molar-refractivity contribution in [3.63, 3.8) is 0 Å². The highest BCUT2D eigenvalue weighted by atomic mass is 15.2. The summed E-state index contributed by atoms with van der Waals surface area (Å²) in [5.74, 6) is 2.41. The fourth-order valence-electron chi connectivity index (χ4n) is 1.26. The number of imidazole rings is 1. The van der Waals surface area contributed by atoms with E-state index in [-0.39, 0.29) is 0 Å². The molecule has 0 aliphatic rings. The Balaban J connectivity index is 2.91. The number of aryl methyl sites for hydroxylation is 1. The number of nitrogen functional groups attached to an aromatic ring is 1. The lowest BCUT2D eigenvalue weighted by atomic mass is 10.5. The van der Waals surface area contributed by atoms with Gasteiger partial charge in [-0.3, -0.25) is 0 Å². The quantitative estimate of drug-likeness (QED) is 0.711. The molecule has 0 saturated carbocycles. The highest BCUT2D eigenvalue weighted by molar-refractivity contribution is 5.58. The molecule has 0 unspecified atom stereocenters. The van der Waals surface area contributed by atoms with Gasteiger partial charge in [-0.25, -0.2) is 4.98 Å². The van der Waals surface area contributed by atoms with Gasteiger partial charge in [-0.1, -0.05) is 0 Å². The van der Waals surface area contributed by atoms with Crippen molar-refractivity contribution in [1.82, 2.24) is 9.97 Å². The first-order valence-corrected chi connectivity index (χ1v) is 4.26. The lowest BCUT2D eigenvalue weighted by Gasteiger charge is -2.17. The molecule has 1 rings (SSSR count). The molecule has 0 saturated heterocycles. The van der Waals surface area contributed by atoms with Gasteiger partial charge in [-0.2, -0.15) is 0 Å². The van der Waals surface area contributed by atoms with Crippen LogP contribution >= 0.6 is 0 Å². The number of aromatic nitrogens is 2. The number of anilines is 2. The van der Waals surface area contributed by atoms with E-state index in [1.54, 1.807) is 0 Å². The molecule has 3 N–H and O–H groups in total. The highest BCUT2D eigenvalue weighted by Gasteiger charge is 2.09. The summed E-state index contributed by atoms with van der Waals surface area (Å²) in [6, 6.07) is 0. The maximum absolute atomic E-state index is 5.73. The Hall–Kier alpha value is -1.19. The average molecular weight is 168 g/mol. The highest BCUT2D eigenvalue weighted by Crippen LogP contribution is 2.18. The van der Waals surface area contributed by atoms with Gasteiger partial charge in [0.25, 0.3) is 0 Å². The zero-order valence-electron chi connectivity index (χ0n) is 7.89. The van der Waals surface area contributed by atoms with Gasteiger partial charge in [-0.15, -0.1) is 0 Å². The second-order valence-corrected chi connectivity index (χ2v) is 2.73. The van der Waals surface area contributed by atoms with Gasteiger partial charge < -0.3 is 15.6 Å². The molecular weight excluding hydrogens is 152 g/mol. The molecule has 68 valence electrons. The fraction of sp³-hybridized carbons (Fsp3) is 0.625. The third-order valence-corrected chi connectivity index (χ3v) is 1.89. The van der Waals surface area contributed by atoms with Gasteiger partial charge in [0, 0.05) is 13.1 Å². The van der Waals surface area contributed by atoms with Crippen molar-refractivity contribution in [2.24, 2.45) is 0 Å². The minimum atomic E-state index is 0.663. The minimum Gasteiger partial charge on any atom is -0.382 e. The molecule has 1 heterocycles. The van der Waals surface area contributed by atoms with Crippen molar-refractivity contribution in [2.45, 2.75) is 20.8 Å². The summed E-state index contributed by atoms with van der Waals surface area (Å²) in [7, 11) is 0. The summed E-state index contributed by atoms with van der Waals surface area (Å²) in [6.07, 6.45) is 0. The molecule has 0 spiro atoms. The minimum absolute atomic E-state index is 0.663. The maximum atomic E-state index is 5.73. The Morgan fingerprint density at radius 3 is 2.33 bits per heavy atom. The van der Waals surface area contributed by atoms with E-state index in [1.165, 1.54) is 0 Å². The molecule has 0 bridgehead atoms. The Morgan fingerprint density at radius 2 is 2.00 bits per heavy atom. The predicted octanol–water partition coefficient (Wildman–Crippen LogP) is 1.15. The smallest absolute Gasteiger partial charge is 0.171 e. The van der Waals surface area contributed by atoms with Crippen LogP contribution in [0.3, 0.4) is 0 Å². The number of nitrogens with one attached hydrogen (secondary N) is 1.